The molecule has 1 saturated heterocycles. The number of hydrogen-bond donors (Lipinski definition) is 3. The summed E-state index contributed by atoms with van der Waals surface area (Å²) in [7, 11) is 0. The minimum Gasteiger partial charge on any atom is -0.383 e. The number of hydrogen-bond acceptors (Lipinski definition) is 3. The highest BCUT2D eigenvalue weighted by atomic mass is 15.1. The first-order valence-electron chi connectivity index (χ1n) is 6.32. The average molecular weight is 230 g/mol. The SMILES string of the molecule is c1cc2cn[nH]c2cc1NCC1CCCCN1. The number of piperidine rings is 1. The molecule has 3 rings (SSSR count). The lowest BCUT2D eigenvalue weighted by molar-refractivity contribution is 0.414. The van der Waals surface area contributed by atoms with Crippen molar-refractivity contribution in [1.82, 2.24) is 15.5 Å². The van der Waals surface area contributed by atoms with Crippen LogP contribution in [0.2, 0.25) is 0 Å². The van der Waals surface area contributed by atoms with Crippen molar-refractivity contribution in [2.45, 2.75) is 25.3 Å². The summed E-state index contributed by atoms with van der Waals surface area (Å²) in [5.41, 5.74) is 2.25. The molecule has 0 bridgehead atoms. The van der Waals surface area contributed by atoms with Gasteiger partial charge in [-0.15, -0.1) is 0 Å². The first kappa shape index (κ1) is 10.6. The number of nitrogens with one attached hydrogen (secondary N) is 3. The number of benzene rings is 1. The van der Waals surface area contributed by atoms with Crippen LogP contribution in [0.1, 0.15) is 19.3 Å². The maximum Gasteiger partial charge on any atom is 0.0670 e. The monoisotopic (exact) mass is 230 g/mol. The molecule has 17 heavy (non-hydrogen) atoms. The largest absolute Gasteiger partial charge is 0.383 e. The number of fused-ring (bicyclic) bond motifs is 1. The molecule has 0 aliphatic carbocycles. The van der Waals surface area contributed by atoms with Gasteiger partial charge in [-0.3, -0.25) is 5.10 Å². The third-order valence-corrected chi connectivity index (χ3v) is 3.41. The Morgan fingerprint density at radius 1 is 1.35 bits per heavy atom. The Bertz CT molecular complexity index is 485. The van der Waals surface area contributed by atoms with Crippen LogP contribution in [0.3, 0.4) is 0 Å². The van der Waals surface area contributed by atoms with Crippen LogP contribution in [0.5, 0.6) is 0 Å². The first-order valence-corrected chi connectivity index (χ1v) is 6.32. The Morgan fingerprint density at radius 3 is 3.24 bits per heavy atom. The first-order chi connectivity index (χ1) is 8.42. The van der Waals surface area contributed by atoms with Gasteiger partial charge in [0.05, 0.1) is 11.7 Å². The van der Waals surface area contributed by atoms with Crippen LogP contribution < -0.4 is 10.6 Å². The van der Waals surface area contributed by atoms with Gasteiger partial charge in [0.25, 0.3) is 0 Å². The maximum absolute atomic E-state index is 4.03. The maximum atomic E-state index is 4.03. The van der Waals surface area contributed by atoms with Gasteiger partial charge in [0.2, 0.25) is 0 Å². The third kappa shape index (κ3) is 2.42. The highest BCUT2D eigenvalue weighted by molar-refractivity contribution is 5.81. The van der Waals surface area contributed by atoms with Gasteiger partial charge in [0.1, 0.15) is 0 Å². The van der Waals surface area contributed by atoms with Crippen molar-refractivity contribution in [3.63, 3.8) is 0 Å². The van der Waals surface area contributed by atoms with Crippen LogP contribution in [0.25, 0.3) is 10.9 Å². The number of rotatable bonds is 3. The summed E-state index contributed by atoms with van der Waals surface area (Å²) < 4.78 is 0. The predicted octanol–water partition coefficient (Wildman–Crippen LogP) is 2.12. The molecule has 90 valence electrons. The minimum atomic E-state index is 0.612. The normalized spacial score (nSPS) is 20.6. The second-order valence-corrected chi connectivity index (χ2v) is 4.70. The molecule has 1 aliphatic rings. The summed E-state index contributed by atoms with van der Waals surface area (Å²) >= 11 is 0. The zero-order valence-corrected chi connectivity index (χ0v) is 9.87. The van der Waals surface area contributed by atoms with Gasteiger partial charge in [0.15, 0.2) is 0 Å². The molecule has 0 radical (unpaired) electrons. The third-order valence-electron chi connectivity index (χ3n) is 3.41. The molecule has 0 saturated carbocycles. The van der Waals surface area contributed by atoms with E-state index in [4.69, 9.17) is 0 Å². The fourth-order valence-electron chi connectivity index (χ4n) is 2.39. The lowest BCUT2D eigenvalue weighted by atomic mass is 10.1. The standard InChI is InChI=1S/C13H18N4/c1-2-6-14-12(3-1)9-15-11-5-4-10-8-16-17-13(10)7-11/h4-5,7-8,12,14-15H,1-3,6,9H2,(H,16,17). The van der Waals surface area contributed by atoms with Crippen LogP contribution in [0.4, 0.5) is 5.69 Å². The number of nitrogens with zero attached hydrogens (tertiary/aromatic N) is 1. The second kappa shape index (κ2) is 4.75. The molecule has 1 atom stereocenters. The zero-order valence-electron chi connectivity index (χ0n) is 9.87. The van der Waals surface area contributed by atoms with Gasteiger partial charge in [-0.25, -0.2) is 0 Å². The summed E-state index contributed by atoms with van der Waals surface area (Å²) in [6, 6.07) is 6.93. The number of anilines is 1. The molecule has 2 heterocycles. The van der Waals surface area contributed by atoms with E-state index in [1.807, 2.05) is 6.20 Å². The van der Waals surface area contributed by atoms with E-state index in [1.165, 1.54) is 19.3 Å². The molecule has 0 amide bonds. The molecule has 1 aromatic heterocycles. The van der Waals surface area contributed by atoms with E-state index in [1.54, 1.807) is 0 Å². The van der Waals surface area contributed by atoms with Crippen molar-refractivity contribution in [2.75, 3.05) is 18.4 Å². The van der Waals surface area contributed by atoms with Gasteiger partial charge in [-0.1, -0.05) is 6.42 Å². The molecular formula is C13H18N4. The van der Waals surface area contributed by atoms with Gasteiger partial charge in [-0.05, 0) is 37.6 Å². The van der Waals surface area contributed by atoms with Crippen molar-refractivity contribution in [2.24, 2.45) is 0 Å². The molecular weight excluding hydrogens is 212 g/mol. The van der Waals surface area contributed by atoms with Crippen molar-refractivity contribution in [3.8, 4) is 0 Å². The van der Waals surface area contributed by atoms with Crippen LogP contribution in [-0.4, -0.2) is 29.3 Å². The van der Waals surface area contributed by atoms with Gasteiger partial charge in [0, 0.05) is 23.7 Å². The Balaban J connectivity index is 1.63. The minimum absolute atomic E-state index is 0.612. The Morgan fingerprint density at radius 2 is 2.35 bits per heavy atom. The van der Waals surface area contributed by atoms with Crippen molar-refractivity contribution in [1.29, 1.82) is 0 Å². The van der Waals surface area contributed by atoms with E-state index in [0.717, 1.165) is 29.7 Å². The number of aromatic amines is 1. The Labute approximate surface area is 101 Å². The Kier molecular flexibility index (Phi) is 2.96. The molecule has 1 aromatic carbocycles. The van der Waals surface area contributed by atoms with Crippen LogP contribution in [0.15, 0.2) is 24.4 Å². The molecule has 4 nitrogen and oxygen atoms in total. The van der Waals surface area contributed by atoms with E-state index in [0.29, 0.717) is 6.04 Å². The van der Waals surface area contributed by atoms with Gasteiger partial charge < -0.3 is 10.6 Å². The van der Waals surface area contributed by atoms with E-state index in [2.05, 4.69) is 39.0 Å². The smallest absolute Gasteiger partial charge is 0.0670 e. The summed E-state index contributed by atoms with van der Waals surface area (Å²) in [4.78, 5) is 0. The summed E-state index contributed by atoms with van der Waals surface area (Å²) in [6.07, 6.45) is 5.79. The lowest BCUT2D eigenvalue weighted by Crippen LogP contribution is -2.39. The van der Waals surface area contributed by atoms with Crippen LogP contribution >= 0.6 is 0 Å². The summed E-state index contributed by atoms with van der Waals surface area (Å²) in [6.45, 7) is 2.16. The average Bonchev–Trinajstić information content (AvgIpc) is 2.85. The predicted molar refractivity (Wildman–Crippen MR) is 70.2 cm³/mol. The fraction of sp³-hybridized carbons (Fsp3) is 0.462. The van der Waals surface area contributed by atoms with Crippen LogP contribution in [-0.2, 0) is 0 Å². The van der Waals surface area contributed by atoms with Crippen molar-refractivity contribution < 1.29 is 0 Å². The molecule has 1 aliphatic heterocycles. The van der Waals surface area contributed by atoms with Crippen molar-refractivity contribution in [3.05, 3.63) is 24.4 Å². The molecule has 2 aromatic rings. The molecule has 0 spiro atoms. The lowest BCUT2D eigenvalue weighted by Gasteiger charge is -2.24. The second-order valence-electron chi connectivity index (χ2n) is 4.70. The summed E-state index contributed by atoms with van der Waals surface area (Å²) in [5, 5.41) is 15.2. The summed E-state index contributed by atoms with van der Waals surface area (Å²) in [5.74, 6) is 0. The fourth-order valence-corrected chi connectivity index (χ4v) is 2.39. The topological polar surface area (TPSA) is 52.7 Å². The zero-order chi connectivity index (χ0) is 11.5. The quantitative estimate of drug-likeness (QED) is 0.757. The van der Waals surface area contributed by atoms with E-state index in [9.17, 15) is 0 Å². The van der Waals surface area contributed by atoms with Gasteiger partial charge >= 0.3 is 0 Å². The van der Waals surface area contributed by atoms with Crippen LogP contribution in [0, 0.1) is 0 Å². The molecule has 1 fully saturated rings. The van der Waals surface area contributed by atoms with E-state index < -0.39 is 0 Å². The van der Waals surface area contributed by atoms with Crippen molar-refractivity contribution >= 4 is 16.6 Å². The van der Waals surface area contributed by atoms with Gasteiger partial charge in [-0.2, -0.15) is 5.10 Å². The molecule has 1 unspecified atom stereocenters. The number of aromatic nitrogens is 2. The van der Waals surface area contributed by atoms with E-state index >= 15 is 0 Å². The number of H-pyrrole nitrogens is 1. The molecule has 3 N–H and O–H groups in total. The Hall–Kier alpha value is -1.55. The van der Waals surface area contributed by atoms with E-state index in [-0.39, 0.29) is 0 Å². The molecule has 4 heteroatoms. The highest BCUT2D eigenvalue weighted by Gasteiger charge is 2.11. The highest BCUT2D eigenvalue weighted by Crippen LogP contribution is 2.17.